The Morgan fingerprint density at radius 2 is 1.64 bits per heavy atom. The fourth-order valence-corrected chi connectivity index (χ4v) is 6.15. The van der Waals surface area contributed by atoms with Gasteiger partial charge >= 0.3 is 0 Å². The molecule has 3 aromatic carbocycles. The quantitative estimate of drug-likeness (QED) is 0.350. The molecular formula is C24H17F2N3O2S2. The summed E-state index contributed by atoms with van der Waals surface area (Å²) in [4.78, 5) is 5.26. The number of rotatable bonds is 4. The van der Waals surface area contributed by atoms with E-state index in [0.29, 0.717) is 21.7 Å². The van der Waals surface area contributed by atoms with Gasteiger partial charge in [0.1, 0.15) is 11.6 Å². The minimum absolute atomic E-state index is 0.00712. The van der Waals surface area contributed by atoms with Gasteiger partial charge in [0, 0.05) is 15.8 Å². The summed E-state index contributed by atoms with van der Waals surface area (Å²) in [7, 11) is -4.17. The van der Waals surface area contributed by atoms with Crippen molar-refractivity contribution in [2.75, 3.05) is 5.73 Å². The number of thiazole rings is 1. The molecule has 0 aliphatic rings. The summed E-state index contributed by atoms with van der Waals surface area (Å²) >= 11 is 1.35. The molecule has 0 unspecified atom stereocenters. The van der Waals surface area contributed by atoms with Crippen LogP contribution in [0.2, 0.25) is 0 Å². The molecule has 0 aliphatic carbocycles. The highest BCUT2D eigenvalue weighted by Gasteiger charge is 2.27. The number of nitrogens with zero attached hydrogens (tertiary/aromatic N) is 2. The van der Waals surface area contributed by atoms with Crippen LogP contribution in [0.3, 0.4) is 0 Å². The molecule has 0 saturated carbocycles. The zero-order valence-electron chi connectivity index (χ0n) is 17.3. The Balaban J connectivity index is 1.84. The average molecular weight is 482 g/mol. The van der Waals surface area contributed by atoms with Crippen molar-refractivity contribution in [2.24, 2.45) is 0 Å². The lowest BCUT2D eigenvalue weighted by Gasteiger charge is -2.13. The van der Waals surface area contributed by atoms with Crippen molar-refractivity contribution in [3.63, 3.8) is 0 Å². The SMILES string of the molecule is Cc1sc(N)nc1-c1ccc2c(c1)cc(-c1c(F)cccc1F)n2S(=O)(=O)c1ccccc1. The molecule has 2 aromatic heterocycles. The largest absolute Gasteiger partial charge is 0.375 e. The lowest BCUT2D eigenvalue weighted by molar-refractivity contribution is 0.583. The molecule has 0 amide bonds. The van der Waals surface area contributed by atoms with Crippen LogP contribution in [0.1, 0.15) is 4.88 Å². The number of fused-ring (bicyclic) bond motifs is 1. The fourth-order valence-electron chi connectivity index (χ4n) is 3.90. The molecule has 5 aromatic rings. The zero-order valence-corrected chi connectivity index (χ0v) is 18.9. The van der Waals surface area contributed by atoms with Crippen molar-refractivity contribution in [3.8, 4) is 22.5 Å². The molecule has 5 nitrogen and oxygen atoms in total. The second-order valence-corrected chi connectivity index (χ2v) is 10.5. The van der Waals surface area contributed by atoms with Crippen LogP contribution >= 0.6 is 11.3 Å². The Bertz CT molecular complexity index is 1600. The van der Waals surface area contributed by atoms with Crippen molar-refractivity contribution >= 4 is 37.4 Å². The topological polar surface area (TPSA) is 78.0 Å². The Hall–Kier alpha value is -3.56. The third kappa shape index (κ3) is 3.49. The lowest BCUT2D eigenvalue weighted by Crippen LogP contribution is -2.14. The number of benzene rings is 3. The van der Waals surface area contributed by atoms with Crippen LogP contribution in [0.25, 0.3) is 33.4 Å². The summed E-state index contributed by atoms with van der Waals surface area (Å²) in [5.41, 5.74) is 7.01. The first-order chi connectivity index (χ1) is 15.8. The Kier molecular flexibility index (Phi) is 5.02. The van der Waals surface area contributed by atoms with Gasteiger partial charge in [0.25, 0.3) is 10.0 Å². The van der Waals surface area contributed by atoms with Crippen LogP contribution < -0.4 is 5.73 Å². The van der Waals surface area contributed by atoms with Gasteiger partial charge in [0.2, 0.25) is 0 Å². The molecule has 2 heterocycles. The summed E-state index contributed by atoms with van der Waals surface area (Å²) in [5, 5.41) is 0.913. The highest BCUT2D eigenvalue weighted by atomic mass is 32.2. The fraction of sp³-hybridized carbons (Fsp3) is 0.0417. The maximum Gasteiger partial charge on any atom is 0.268 e. The van der Waals surface area contributed by atoms with Gasteiger partial charge in [-0.3, -0.25) is 0 Å². The highest BCUT2D eigenvalue weighted by molar-refractivity contribution is 7.90. The maximum atomic E-state index is 14.8. The lowest BCUT2D eigenvalue weighted by atomic mass is 10.1. The first-order valence-electron chi connectivity index (χ1n) is 9.91. The number of nitrogen functional groups attached to an aromatic ring is 1. The number of nitrogens with two attached hydrogens (primary N) is 1. The van der Waals surface area contributed by atoms with Crippen molar-refractivity contribution in [1.82, 2.24) is 8.96 Å². The van der Waals surface area contributed by atoms with Gasteiger partial charge in [-0.25, -0.2) is 26.2 Å². The molecule has 0 atom stereocenters. The van der Waals surface area contributed by atoms with Crippen molar-refractivity contribution in [3.05, 3.63) is 89.3 Å². The van der Waals surface area contributed by atoms with E-state index in [9.17, 15) is 17.2 Å². The average Bonchev–Trinajstić information content (AvgIpc) is 3.33. The van der Waals surface area contributed by atoms with Gasteiger partial charge in [0.15, 0.2) is 5.13 Å². The van der Waals surface area contributed by atoms with Gasteiger partial charge < -0.3 is 5.73 Å². The van der Waals surface area contributed by atoms with E-state index in [1.807, 2.05) is 6.92 Å². The third-order valence-corrected chi connectivity index (χ3v) is 7.89. The van der Waals surface area contributed by atoms with Gasteiger partial charge in [-0.1, -0.05) is 30.3 Å². The summed E-state index contributed by atoms with van der Waals surface area (Å²) in [5.74, 6) is -1.71. The van der Waals surface area contributed by atoms with Crippen molar-refractivity contribution in [1.29, 1.82) is 0 Å². The zero-order chi connectivity index (χ0) is 23.3. The number of halogens is 2. The molecule has 5 rings (SSSR count). The predicted octanol–water partition coefficient (Wildman–Crippen LogP) is 5.84. The molecular weight excluding hydrogens is 464 g/mol. The molecule has 0 saturated heterocycles. The first kappa shape index (κ1) is 21.3. The molecule has 0 radical (unpaired) electrons. The van der Waals surface area contributed by atoms with E-state index in [2.05, 4.69) is 4.98 Å². The van der Waals surface area contributed by atoms with E-state index in [-0.39, 0.29) is 10.6 Å². The molecule has 33 heavy (non-hydrogen) atoms. The Morgan fingerprint density at radius 3 is 2.27 bits per heavy atom. The minimum Gasteiger partial charge on any atom is -0.375 e. The summed E-state index contributed by atoms with van der Waals surface area (Å²) in [6, 6.07) is 17.8. The van der Waals surface area contributed by atoms with E-state index in [1.165, 1.54) is 35.6 Å². The van der Waals surface area contributed by atoms with Crippen molar-refractivity contribution in [2.45, 2.75) is 11.8 Å². The van der Waals surface area contributed by atoms with Gasteiger partial charge in [-0.2, -0.15) is 0 Å². The Labute approximate surface area is 192 Å². The molecule has 0 fully saturated rings. The van der Waals surface area contributed by atoms with E-state index in [0.717, 1.165) is 26.5 Å². The van der Waals surface area contributed by atoms with Crippen molar-refractivity contribution < 1.29 is 17.2 Å². The number of anilines is 1. The maximum absolute atomic E-state index is 14.8. The number of hydrogen-bond donors (Lipinski definition) is 1. The predicted molar refractivity (Wildman–Crippen MR) is 127 cm³/mol. The van der Waals surface area contributed by atoms with E-state index in [4.69, 9.17) is 5.73 Å². The summed E-state index contributed by atoms with van der Waals surface area (Å²) in [6.45, 7) is 1.89. The molecule has 166 valence electrons. The second kappa shape index (κ2) is 7.79. The summed E-state index contributed by atoms with van der Waals surface area (Å²) < 4.78 is 57.8. The van der Waals surface area contributed by atoms with Crippen LogP contribution in [0, 0.1) is 18.6 Å². The third-order valence-electron chi connectivity index (χ3n) is 5.34. The number of aromatic nitrogens is 2. The molecule has 0 bridgehead atoms. The van der Waals surface area contributed by atoms with Crippen LogP contribution in [0.4, 0.5) is 13.9 Å². The molecule has 0 aliphatic heterocycles. The second-order valence-electron chi connectivity index (χ2n) is 7.44. The smallest absolute Gasteiger partial charge is 0.268 e. The van der Waals surface area contributed by atoms with E-state index < -0.39 is 27.2 Å². The molecule has 9 heteroatoms. The highest BCUT2D eigenvalue weighted by Crippen LogP contribution is 2.37. The first-order valence-corrected chi connectivity index (χ1v) is 12.2. The van der Waals surface area contributed by atoms with Crippen LogP contribution in [-0.2, 0) is 10.0 Å². The standard InChI is InChI=1S/C24H17F2N3O2S2/c1-14-23(28-24(27)32-14)15-10-11-20-16(12-15)13-21(22-18(25)8-5-9-19(22)26)29(20)33(30,31)17-6-3-2-4-7-17/h2-13H,1H3,(H2,27,28). The van der Waals surface area contributed by atoms with Gasteiger partial charge in [-0.05, 0) is 49.4 Å². The summed E-state index contributed by atoms with van der Waals surface area (Å²) in [6.07, 6.45) is 0. The number of aryl methyl sites for hydroxylation is 1. The van der Waals surface area contributed by atoms with Crippen LogP contribution in [0.15, 0.2) is 77.7 Å². The monoisotopic (exact) mass is 481 g/mol. The minimum atomic E-state index is -4.17. The number of hydrogen-bond acceptors (Lipinski definition) is 5. The molecule has 0 spiro atoms. The molecule has 2 N–H and O–H groups in total. The van der Waals surface area contributed by atoms with Crippen LogP contribution in [-0.4, -0.2) is 17.4 Å². The Morgan fingerprint density at radius 1 is 0.939 bits per heavy atom. The van der Waals surface area contributed by atoms with Gasteiger partial charge in [0.05, 0.1) is 27.4 Å². The normalized spacial score (nSPS) is 11.8. The van der Waals surface area contributed by atoms with E-state index in [1.54, 1.807) is 36.4 Å². The van der Waals surface area contributed by atoms with Gasteiger partial charge in [-0.15, -0.1) is 11.3 Å². The van der Waals surface area contributed by atoms with E-state index >= 15 is 0 Å². The van der Waals surface area contributed by atoms with Crippen LogP contribution in [0.5, 0.6) is 0 Å².